The van der Waals surface area contributed by atoms with E-state index < -0.39 is 23.7 Å². The maximum Gasteiger partial charge on any atom is 0.305 e. The molecule has 0 aliphatic carbocycles. The molecule has 3 rings (SSSR count). The number of rotatable bonds is 7. The topological polar surface area (TPSA) is 113 Å². The first-order valence-electron chi connectivity index (χ1n) is 9.57. The van der Waals surface area contributed by atoms with Crippen molar-refractivity contribution in [3.8, 4) is 11.5 Å². The van der Waals surface area contributed by atoms with Crippen LogP contribution in [0.15, 0.2) is 48.0 Å². The Morgan fingerprint density at radius 1 is 1.03 bits per heavy atom. The van der Waals surface area contributed by atoms with E-state index in [0.29, 0.717) is 22.6 Å². The Morgan fingerprint density at radius 2 is 1.71 bits per heavy atom. The van der Waals surface area contributed by atoms with Crippen molar-refractivity contribution in [1.82, 2.24) is 4.90 Å². The van der Waals surface area contributed by atoms with Crippen LogP contribution >= 0.6 is 0 Å². The first-order valence-corrected chi connectivity index (χ1v) is 9.57. The van der Waals surface area contributed by atoms with Crippen LogP contribution in [0.3, 0.4) is 0 Å². The van der Waals surface area contributed by atoms with Gasteiger partial charge in [-0.3, -0.25) is 14.4 Å². The molecule has 0 saturated carbocycles. The Bertz CT molecular complexity index is 1060. The van der Waals surface area contributed by atoms with E-state index in [1.807, 2.05) is 6.92 Å². The number of hydrogen-bond acceptors (Lipinski definition) is 6. The SMILES string of the molecule is COc1ccc(C2C(=C(O)c3ccc(C)cc3)C(=O)C(=O)N2CCC(=O)O)c(OC)c1. The Kier molecular flexibility index (Phi) is 6.29. The summed E-state index contributed by atoms with van der Waals surface area (Å²) in [6.45, 7) is 1.68. The second-order valence-corrected chi connectivity index (χ2v) is 7.11. The number of carbonyl (C=O) groups excluding carboxylic acids is 2. The van der Waals surface area contributed by atoms with Gasteiger partial charge in [-0.2, -0.15) is 0 Å². The summed E-state index contributed by atoms with van der Waals surface area (Å²) in [7, 11) is 2.92. The minimum Gasteiger partial charge on any atom is -0.507 e. The third-order valence-corrected chi connectivity index (χ3v) is 5.17. The summed E-state index contributed by atoms with van der Waals surface area (Å²) in [6, 6.07) is 10.7. The number of amides is 1. The average molecular weight is 425 g/mol. The zero-order valence-corrected chi connectivity index (χ0v) is 17.4. The van der Waals surface area contributed by atoms with E-state index in [4.69, 9.17) is 14.6 Å². The molecule has 1 atom stereocenters. The van der Waals surface area contributed by atoms with Gasteiger partial charge in [-0.15, -0.1) is 0 Å². The quantitative estimate of drug-likeness (QED) is 0.398. The monoisotopic (exact) mass is 425 g/mol. The molecule has 0 aromatic heterocycles. The summed E-state index contributed by atoms with van der Waals surface area (Å²) in [5, 5.41) is 20.1. The number of hydrogen-bond donors (Lipinski definition) is 2. The predicted molar refractivity (Wildman–Crippen MR) is 112 cm³/mol. The molecule has 8 heteroatoms. The molecule has 1 fully saturated rings. The number of aliphatic hydroxyl groups is 1. The third kappa shape index (κ3) is 4.23. The fraction of sp³-hybridized carbons (Fsp3) is 0.261. The van der Waals surface area contributed by atoms with E-state index in [1.165, 1.54) is 14.2 Å². The lowest BCUT2D eigenvalue weighted by atomic mass is 9.94. The lowest BCUT2D eigenvalue weighted by Gasteiger charge is -2.26. The van der Waals surface area contributed by atoms with Gasteiger partial charge in [0.05, 0.1) is 32.3 Å². The molecule has 2 aromatic carbocycles. The van der Waals surface area contributed by atoms with Crippen molar-refractivity contribution in [3.05, 3.63) is 64.7 Å². The smallest absolute Gasteiger partial charge is 0.305 e. The van der Waals surface area contributed by atoms with Crippen molar-refractivity contribution >= 4 is 23.4 Å². The molecular formula is C23H23NO7. The number of likely N-dealkylation sites (tertiary alicyclic amines) is 1. The maximum absolute atomic E-state index is 12.9. The Labute approximate surface area is 179 Å². The molecular weight excluding hydrogens is 402 g/mol. The molecule has 1 aliphatic heterocycles. The summed E-state index contributed by atoms with van der Waals surface area (Å²) in [5.74, 6) is -2.37. The zero-order valence-electron chi connectivity index (χ0n) is 17.4. The van der Waals surface area contributed by atoms with E-state index >= 15 is 0 Å². The second kappa shape index (κ2) is 8.91. The molecule has 162 valence electrons. The van der Waals surface area contributed by atoms with Crippen molar-refractivity contribution in [3.63, 3.8) is 0 Å². The highest BCUT2D eigenvalue weighted by Crippen LogP contribution is 2.43. The molecule has 1 amide bonds. The van der Waals surface area contributed by atoms with Gasteiger partial charge >= 0.3 is 5.97 Å². The van der Waals surface area contributed by atoms with Gasteiger partial charge in [0.2, 0.25) is 0 Å². The van der Waals surface area contributed by atoms with E-state index in [9.17, 15) is 19.5 Å². The van der Waals surface area contributed by atoms with Gasteiger partial charge < -0.3 is 24.6 Å². The Hall–Kier alpha value is -3.81. The van der Waals surface area contributed by atoms with Gasteiger partial charge in [-0.05, 0) is 19.1 Å². The van der Waals surface area contributed by atoms with Crippen LogP contribution in [0.4, 0.5) is 0 Å². The minimum atomic E-state index is -1.11. The molecule has 0 bridgehead atoms. The normalized spacial score (nSPS) is 17.6. The molecule has 2 N–H and O–H groups in total. The number of carboxylic acids is 1. The predicted octanol–water partition coefficient (Wildman–Crippen LogP) is 2.91. The van der Waals surface area contributed by atoms with E-state index in [0.717, 1.165) is 10.5 Å². The van der Waals surface area contributed by atoms with Crippen molar-refractivity contribution in [2.24, 2.45) is 0 Å². The van der Waals surface area contributed by atoms with E-state index in [-0.39, 0.29) is 24.3 Å². The van der Waals surface area contributed by atoms with Crippen molar-refractivity contribution in [1.29, 1.82) is 0 Å². The lowest BCUT2D eigenvalue weighted by Crippen LogP contribution is -2.32. The highest BCUT2D eigenvalue weighted by molar-refractivity contribution is 6.46. The standard InChI is InChI=1S/C23H23NO7/c1-13-4-6-14(7-5-13)21(27)19-20(16-9-8-15(30-2)12-17(16)31-3)24(11-10-18(25)26)23(29)22(19)28/h4-9,12,20,27H,10-11H2,1-3H3,(H,25,26). The fourth-order valence-corrected chi connectivity index (χ4v) is 3.56. The van der Waals surface area contributed by atoms with E-state index in [1.54, 1.807) is 42.5 Å². The number of Topliss-reactive ketones (excluding diaryl/α,β-unsaturated/α-hetero) is 1. The lowest BCUT2D eigenvalue weighted by molar-refractivity contribution is -0.142. The molecule has 1 unspecified atom stereocenters. The van der Waals surface area contributed by atoms with Gasteiger partial charge in [-0.1, -0.05) is 29.8 Å². The van der Waals surface area contributed by atoms with Gasteiger partial charge in [0.1, 0.15) is 17.3 Å². The summed E-state index contributed by atoms with van der Waals surface area (Å²) in [6.07, 6.45) is -0.355. The highest BCUT2D eigenvalue weighted by Gasteiger charge is 2.47. The molecule has 1 saturated heterocycles. The molecule has 2 aromatic rings. The number of ketones is 1. The number of aliphatic hydroxyl groups excluding tert-OH is 1. The Morgan fingerprint density at radius 3 is 2.29 bits per heavy atom. The Balaban J connectivity index is 2.21. The van der Waals surface area contributed by atoms with Crippen LogP contribution < -0.4 is 9.47 Å². The maximum atomic E-state index is 12.9. The number of aryl methyl sites for hydroxylation is 1. The molecule has 31 heavy (non-hydrogen) atoms. The average Bonchev–Trinajstić information content (AvgIpc) is 3.01. The number of aliphatic carboxylic acids is 1. The van der Waals surface area contributed by atoms with Gasteiger partial charge in [0, 0.05) is 23.7 Å². The van der Waals surface area contributed by atoms with Crippen LogP contribution in [-0.4, -0.2) is 53.5 Å². The summed E-state index contributed by atoms with van der Waals surface area (Å²) in [5.41, 5.74) is 1.65. The zero-order chi connectivity index (χ0) is 22.7. The second-order valence-electron chi connectivity index (χ2n) is 7.11. The van der Waals surface area contributed by atoms with E-state index in [2.05, 4.69) is 0 Å². The molecule has 0 radical (unpaired) electrons. The van der Waals surface area contributed by atoms with Crippen molar-refractivity contribution in [2.45, 2.75) is 19.4 Å². The number of ether oxygens (including phenoxy) is 2. The van der Waals surface area contributed by atoms with Crippen LogP contribution in [0.25, 0.3) is 5.76 Å². The summed E-state index contributed by atoms with van der Waals surface area (Å²) in [4.78, 5) is 38.0. The summed E-state index contributed by atoms with van der Waals surface area (Å²) < 4.78 is 10.7. The third-order valence-electron chi connectivity index (χ3n) is 5.17. The number of carbonyl (C=O) groups is 3. The highest BCUT2D eigenvalue weighted by atomic mass is 16.5. The largest absolute Gasteiger partial charge is 0.507 e. The van der Waals surface area contributed by atoms with Crippen molar-refractivity contribution in [2.75, 3.05) is 20.8 Å². The molecule has 0 spiro atoms. The van der Waals surface area contributed by atoms with Crippen LogP contribution in [-0.2, 0) is 14.4 Å². The number of benzene rings is 2. The summed E-state index contributed by atoms with van der Waals surface area (Å²) >= 11 is 0. The molecule has 1 heterocycles. The molecule has 1 aliphatic rings. The van der Waals surface area contributed by atoms with Crippen LogP contribution in [0, 0.1) is 6.92 Å². The first-order chi connectivity index (χ1) is 14.8. The van der Waals surface area contributed by atoms with Crippen molar-refractivity contribution < 1.29 is 34.1 Å². The minimum absolute atomic E-state index is 0.122. The number of methoxy groups -OCH3 is 2. The number of nitrogens with zero attached hydrogens (tertiary/aromatic N) is 1. The van der Waals surface area contributed by atoms with Gasteiger partial charge in [0.25, 0.3) is 11.7 Å². The van der Waals surface area contributed by atoms with Gasteiger partial charge in [-0.25, -0.2) is 0 Å². The van der Waals surface area contributed by atoms with Crippen LogP contribution in [0.1, 0.15) is 29.2 Å². The van der Waals surface area contributed by atoms with Crippen LogP contribution in [0.2, 0.25) is 0 Å². The van der Waals surface area contributed by atoms with Gasteiger partial charge in [0.15, 0.2) is 0 Å². The molecule has 8 nitrogen and oxygen atoms in total. The van der Waals surface area contributed by atoms with Crippen LogP contribution in [0.5, 0.6) is 11.5 Å². The fourth-order valence-electron chi connectivity index (χ4n) is 3.56. The number of carboxylic acid groups (broad SMARTS) is 1. The first kappa shape index (κ1) is 21.9.